The SMILES string of the molecule is O=C(O)Cc1ccc(NC(=O)[C@H]2CCC(=O)N2)cn1. The Bertz CT molecular complexity index is 512. The molecule has 3 N–H and O–H groups in total. The number of carbonyl (C=O) groups is 3. The highest BCUT2D eigenvalue weighted by atomic mass is 16.4. The highest BCUT2D eigenvalue weighted by molar-refractivity contribution is 5.98. The summed E-state index contributed by atoms with van der Waals surface area (Å²) in [6, 6.07) is 2.61. The second-order valence-electron chi connectivity index (χ2n) is 4.26. The van der Waals surface area contributed by atoms with Crippen LogP contribution in [-0.4, -0.2) is 33.9 Å². The smallest absolute Gasteiger partial charge is 0.309 e. The van der Waals surface area contributed by atoms with Gasteiger partial charge in [0.25, 0.3) is 0 Å². The number of hydrogen-bond donors (Lipinski definition) is 3. The maximum Gasteiger partial charge on any atom is 0.309 e. The van der Waals surface area contributed by atoms with E-state index < -0.39 is 12.0 Å². The van der Waals surface area contributed by atoms with Gasteiger partial charge in [0, 0.05) is 6.42 Å². The van der Waals surface area contributed by atoms with Crippen LogP contribution in [0.15, 0.2) is 18.3 Å². The zero-order valence-electron chi connectivity index (χ0n) is 10.0. The summed E-state index contributed by atoms with van der Waals surface area (Å²) < 4.78 is 0. The van der Waals surface area contributed by atoms with Gasteiger partial charge in [0.05, 0.1) is 24.0 Å². The van der Waals surface area contributed by atoms with Crippen LogP contribution >= 0.6 is 0 Å². The number of amides is 2. The van der Waals surface area contributed by atoms with Gasteiger partial charge in [0.2, 0.25) is 11.8 Å². The summed E-state index contributed by atoms with van der Waals surface area (Å²) in [5.41, 5.74) is 0.889. The summed E-state index contributed by atoms with van der Waals surface area (Å²) in [6.07, 6.45) is 2.07. The van der Waals surface area contributed by atoms with Gasteiger partial charge in [-0.3, -0.25) is 19.4 Å². The van der Waals surface area contributed by atoms with E-state index in [0.717, 1.165) is 0 Å². The Morgan fingerprint density at radius 2 is 2.26 bits per heavy atom. The lowest BCUT2D eigenvalue weighted by Gasteiger charge is -2.10. The van der Waals surface area contributed by atoms with Gasteiger partial charge in [-0.05, 0) is 18.6 Å². The molecule has 0 unspecified atom stereocenters. The van der Waals surface area contributed by atoms with Crippen molar-refractivity contribution >= 4 is 23.5 Å². The average molecular weight is 263 g/mol. The number of pyridine rings is 1. The Labute approximate surface area is 109 Å². The van der Waals surface area contributed by atoms with Crippen molar-refractivity contribution in [2.75, 3.05) is 5.32 Å². The van der Waals surface area contributed by atoms with E-state index in [9.17, 15) is 14.4 Å². The van der Waals surface area contributed by atoms with Crippen LogP contribution in [0, 0.1) is 0 Å². The Hall–Kier alpha value is -2.44. The summed E-state index contributed by atoms with van der Waals surface area (Å²) in [5, 5.41) is 13.8. The van der Waals surface area contributed by atoms with Crippen LogP contribution in [0.4, 0.5) is 5.69 Å². The van der Waals surface area contributed by atoms with Crippen molar-refractivity contribution in [2.45, 2.75) is 25.3 Å². The number of nitrogens with zero attached hydrogens (tertiary/aromatic N) is 1. The minimum atomic E-state index is -0.960. The number of anilines is 1. The van der Waals surface area contributed by atoms with Crippen LogP contribution in [0.25, 0.3) is 0 Å². The summed E-state index contributed by atoms with van der Waals surface area (Å²) in [7, 11) is 0. The first kappa shape index (κ1) is 13.0. The molecule has 1 fully saturated rings. The zero-order chi connectivity index (χ0) is 13.8. The van der Waals surface area contributed by atoms with E-state index in [0.29, 0.717) is 24.2 Å². The molecule has 2 rings (SSSR count). The molecule has 7 heteroatoms. The van der Waals surface area contributed by atoms with Crippen LogP contribution in [0.2, 0.25) is 0 Å². The van der Waals surface area contributed by atoms with E-state index in [2.05, 4.69) is 15.6 Å². The number of aliphatic carboxylic acids is 1. The second kappa shape index (κ2) is 5.47. The maximum atomic E-state index is 11.8. The van der Waals surface area contributed by atoms with E-state index >= 15 is 0 Å². The third kappa shape index (κ3) is 3.51. The highest BCUT2D eigenvalue weighted by Gasteiger charge is 2.27. The molecule has 0 bridgehead atoms. The Morgan fingerprint density at radius 1 is 1.47 bits per heavy atom. The fourth-order valence-corrected chi connectivity index (χ4v) is 1.80. The largest absolute Gasteiger partial charge is 0.481 e. The summed E-state index contributed by atoms with van der Waals surface area (Å²) in [6.45, 7) is 0. The van der Waals surface area contributed by atoms with E-state index in [1.54, 1.807) is 6.07 Å². The van der Waals surface area contributed by atoms with Gasteiger partial charge in [-0.2, -0.15) is 0 Å². The van der Waals surface area contributed by atoms with Crippen molar-refractivity contribution < 1.29 is 19.5 Å². The molecule has 0 saturated carbocycles. The van der Waals surface area contributed by atoms with E-state index in [1.165, 1.54) is 12.3 Å². The van der Waals surface area contributed by atoms with Gasteiger partial charge < -0.3 is 15.7 Å². The van der Waals surface area contributed by atoms with E-state index in [-0.39, 0.29) is 18.2 Å². The molecule has 0 aliphatic carbocycles. The van der Waals surface area contributed by atoms with Crippen molar-refractivity contribution in [3.63, 3.8) is 0 Å². The fraction of sp³-hybridized carbons (Fsp3) is 0.333. The summed E-state index contributed by atoms with van der Waals surface area (Å²) >= 11 is 0. The second-order valence-corrected chi connectivity index (χ2v) is 4.26. The molecular weight excluding hydrogens is 250 g/mol. The number of hydrogen-bond acceptors (Lipinski definition) is 4. The van der Waals surface area contributed by atoms with Crippen LogP contribution in [-0.2, 0) is 20.8 Å². The first-order chi connectivity index (χ1) is 9.04. The van der Waals surface area contributed by atoms with Gasteiger partial charge >= 0.3 is 5.97 Å². The average Bonchev–Trinajstić information content (AvgIpc) is 2.78. The first-order valence-electron chi connectivity index (χ1n) is 5.81. The van der Waals surface area contributed by atoms with Crippen molar-refractivity contribution in [2.24, 2.45) is 0 Å². The molecule has 1 atom stereocenters. The number of carboxylic acid groups (broad SMARTS) is 1. The molecule has 0 radical (unpaired) electrons. The Morgan fingerprint density at radius 3 is 2.79 bits per heavy atom. The minimum Gasteiger partial charge on any atom is -0.481 e. The molecule has 19 heavy (non-hydrogen) atoms. The van der Waals surface area contributed by atoms with Crippen molar-refractivity contribution in [3.05, 3.63) is 24.0 Å². The number of carboxylic acids is 1. The summed E-state index contributed by atoms with van der Waals surface area (Å²) in [5.74, 6) is -1.38. The number of carbonyl (C=O) groups excluding carboxylic acids is 2. The quantitative estimate of drug-likeness (QED) is 0.704. The Kier molecular flexibility index (Phi) is 3.74. The molecule has 2 amide bonds. The lowest BCUT2D eigenvalue weighted by Crippen LogP contribution is -2.37. The summed E-state index contributed by atoms with van der Waals surface area (Å²) in [4.78, 5) is 37.2. The minimum absolute atomic E-state index is 0.130. The van der Waals surface area contributed by atoms with E-state index in [1.807, 2.05) is 0 Å². The molecular formula is C12H13N3O4. The lowest BCUT2D eigenvalue weighted by atomic mass is 10.2. The maximum absolute atomic E-state index is 11.8. The normalized spacial score (nSPS) is 17.9. The predicted octanol–water partition coefficient (Wildman–Crippen LogP) is -0.0742. The van der Waals surface area contributed by atoms with Gasteiger partial charge in [0.15, 0.2) is 0 Å². The zero-order valence-corrected chi connectivity index (χ0v) is 10.0. The molecule has 1 aromatic rings. The van der Waals surface area contributed by atoms with Crippen LogP contribution in [0.1, 0.15) is 18.5 Å². The monoisotopic (exact) mass is 263 g/mol. The van der Waals surface area contributed by atoms with Gasteiger partial charge in [0.1, 0.15) is 6.04 Å². The highest BCUT2D eigenvalue weighted by Crippen LogP contribution is 2.11. The molecule has 0 spiro atoms. The number of nitrogens with one attached hydrogen (secondary N) is 2. The van der Waals surface area contributed by atoms with Crippen LogP contribution in [0.5, 0.6) is 0 Å². The number of rotatable bonds is 4. The lowest BCUT2D eigenvalue weighted by molar-refractivity contribution is -0.136. The molecule has 1 saturated heterocycles. The molecule has 7 nitrogen and oxygen atoms in total. The van der Waals surface area contributed by atoms with Crippen molar-refractivity contribution in [3.8, 4) is 0 Å². The molecule has 0 aromatic carbocycles. The molecule has 2 heterocycles. The van der Waals surface area contributed by atoms with Gasteiger partial charge in [-0.25, -0.2) is 0 Å². The molecule has 100 valence electrons. The van der Waals surface area contributed by atoms with Crippen molar-refractivity contribution in [1.29, 1.82) is 0 Å². The topological polar surface area (TPSA) is 108 Å². The molecule has 1 aliphatic rings. The van der Waals surface area contributed by atoms with E-state index in [4.69, 9.17) is 5.11 Å². The standard InChI is InChI=1S/C12H13N3O4/c16-10-4-3-9(15-10)12(19)14-8-2-1-7(13-6-8)5-11(17)18/h1-2,6,9H,3-5H2,(H,14,19)(H,15,16)(H,17,18)/t9-/m1/s1. The van der Waals surface area contributed by atoms with Crippen LogP contribution in [0.3, 0.4) is 0 Å². The van der Waals surface area contributed by atoms with Crippen LogP contribution < -0.4 is 10.6 Å². The first-order valence-corrected chi connectivity index (χ1v) is 5.81. The van der Waals surface area contributed by atoms with Gasteiger partial charge in [-0.1, -0.05) is 0 Å². The fourth-order valence-electron chi connectivity index (χ4n) is 1.80. The third-order valence-corrected chi connectivity index (χ3v) is 2.74. The van der Waals surface area contributed by atoms with Crippen molar-refractivity contribution in [1.82, 2.24) is 10.3 Å². The number of aromatic nitrogens is 1. The molecule has 1 aromatic heterocycles. The van der Waals surface area contributed by atoms with Gasteiger partial charge in [-0.15, -0.1) is 0 Å². The molecule has 1 aliphatic heterocycles. The predicted molar refractivity (Wildman–Crippen MR) is 65.4 cm³/mol. The third-order valence-electron chi connectivity index (χ3n) is 2.74. The Balaban J connectivity index is 1.94.